The summed E-state index contributed by atoms with van der Waals surface area (Å²) < 4.78 is 6.41. The van der Waals surface area contributed by atoms with E-state index in [4.69, 9.17) is 9.84 Å². The minimum Gasteiger partial charge on any atom is -0.506 e. The molecule has 1 amide bonds. The number of amides is 1. The van der Waals surface area contributed by atoms with Gasteiger partial charge in [-0.3, -0.25) is 9.59 Å². The number of aromatic hydroxyl groups is 2. The molecule has 2 aliphatic heterocycles. The highest BCUT2D eigenvalue weighted by atomic mass is 16.6. The third-order valence-corrected chi connectivity index (χ3v) is 8.44. The van der Waals surface area contributed by atoms with Gasteiger partial charge in [0.1, 0.15) is 17.0 Å². The van der Waals surface area contributed by atoms with Crippen molar-refractivity contribution in [2.75, 3.05) is 5.32 Å². The number of phenolic OH excluding ortho intramolecular Hbond substituents is 1. The standard InChI is InChI=1S/C24H27NO7/c1-22(7-6-17(28)25-18-14(26)4-3-13(19(18)29)21(30)31)16(27)5-8-24-10-12-9-15(20(22)24)32-23(12,2)11-24/h3-5,8,12,15,20,26,29H,6-7,9-11H2,1-2H3,(H,25,28)(H,30,31)/t12-,15+,20?,22-,23+,24+/m1/s1/i4+1,12+1,16+1,17+1,18+1,20+1,21+1,22+1,23+1,24+1. The van der Waals surface area contributed by atoms with Crippen molar-refractivity contribution in [3.63, 3.8) is 0 Å². The number of benzene rings is 1. The number of phenols is 2. The van der Waals surface area contributed by atoms with Crippen molar-refractivity contribution in [1.29, 1.82) is 0 Å². The van der Waals surface area contributed by atoms with Crippen LogP contribution < -0.4 is 5.32 Å². The lowest BCUT2D eigenvalue weighted by atomic mass is 10.1. The number of carbonyl (C=O) groups is 3. The number of rotatable bonds is 5. The fourth-order valence-corrected chi connectivity index (χ4v) is 7.09. The Hall–Kier alpha value is -2.87. The van der Waals surface area contributed by atoms with Gasteiger partial charge >= 0.3 is 5.97 Å². The van der Waals surface area contributed by atoms with Crippen LogP contribution in [0.2, 0.25) is 0 Å². The number of nitrogens with one attached hydrogen (secondary N) is 1. The first-order valence-corrected chi connectivity index (χ1v) is 11.0. The van der Waals surface area contributed by atoms with Crippen LogP contribution in [0.15, 0.2) is 24.3 Å². The zero-order valence-corrected chi connectivity index (χ0v) is 18.1. The van der Waals surface area contributed by atoms with Crippen molar-refractivity contribution in [3.05, 3.63) is 29.8 Å². The number of carboxylic acids is 1. The quantitative estimate of drug-likeness (QED) is 0.399. The molecule has 1 spiro atoms. The number of ketones is 1. The van der Waals surface area contributed by atoms with Crippen LogP contribution in [-0.2, 0) is 14.3 Å². The van der Waals surface area contributed by atoms with E-state index in [2.05, 4.69) is 18.3 Å². The maximum absolute atomic E-state index is 13.1. The number of hydrogen-bond donors (Lipinski definition) is 4. The first kappa shape index (κ1) is 21.0. The molecule has 5 aliphatic rings. The molecule has 1 unspecified atom stereocenters. The van der Waals surface area contributed by atoms with Gasteiger partial charge in [0.25, 0.3) is 0 Å². The highest BCUT2D eigenvalue weighted by molar-refractivity contribution is 6.00. The molecule has 2 heterocycles. The Morgan fingerprint density at radius 3 is 2.69 bits per heavy atom. The molecular formula is C24H27NO7. The minimum atomic E-state index is -1.38. The second-order valence-corrected chi connectivity index (χ2v) is 10.3. The van der Waals surface area contributed by atoms with E-state index in [1.54, 1.807) is 6.08 Å². The summed E-state index contributed by atoms with van der Waals surface area (Å²) in [7, 11) is 0. The van der Waals surface area contributed by atoms with Crippen molar-refractivity contribution in [1.82, 2.24) is 0 Å². The Kier molecular flexibility index (Phi) is 4.31. The van der Waals surface area contributed by atoms with Crippen molar-refractivity contribution in [2.24, 2.45) is 22.7 Å². The molecule has 8 nitrogen and oxygen atoms in total. The van der Waals surface area contributed by atoms with E-state index in [0.717, 1.165) is 31.4 Å². The molecule has 0 aromatic heterocycles. The van der Waals surface area contributed by atoms with Crippen molar-refractivity contribution >= 4 is 23.3 Å². The highest BCUT2D eigenvalue weighted by Gasteiger charge is 2.71. The molecule has 4 bridgehead atoms. The number of aromatic carboxylic acids is 1. The monoisotopic (exact) mass is 451 g/mol. The normalized spacial score (nSPS) is 38.7. The van der Waals surface area contributed by atoms with E-state index < -0.39 is 34.4 Å². The molecule has 2 saturated carbocycles. The SMILES string of the molecule is C[13C@@]1(CC[13C](=O)N[13c]2c(O)[13cH]cc([13C](=O)O)c2O)[13C](=O)C=C[13C@]23C[13C@H]4C[C@H](O[13C@@]4(C)C2)[13CH]31. The summed E-state index contributed by atoms with van der Waals surface area (Å²) in [5, 5.41) is 31.7. The molecule has 6 rings (SSSR count). The van der Waals surface area contributed by atoms with Gasteiger partial charge in [0.05, 0.1) is 11.7 Å². The largest absolute Gasteiger partial charge is 0.506 e. The van der Waals surface area contributed by atoms with E-state index in [9.17, 15) is 24.6 Å². The smallest absolute Gasteiger partial charge is 0.339 e. The molecule has 3 aliphatic carbocycles. The van der Waals surface area contributed by atoms with Crippen LogP contribution in [0.4, 0.5) is 5.69 Å². The molecule has 4 fully saturated rings. The Balaban J connectivity index is 1.36. The minimum absolute atomic E-state index is 0.00395. The number of allylic oxidation sites excluding steroid dienone is 2. The van der Waals surface area contributed by atoms with Crippen LogP contribution in [0.25, 0.3) is 0 Å². The van der Waals surface area contributed by atoms with Gasteiger partial charge in [-0.05, 0) is 62.1 Å². The fraction of sp³-hybridized carbons (Fsp3) is 0.542. The summed E-state index contributed by atoms with van der Waals surface area (Å²) in [5.74, 6) is -2.55. The molecule has 1 aromatic rings. The average molecular weight is 451 g/mol. The highest BCUT2D eigenvalue weighted by Crippen LogP contribution is 2.71. The topological polar surface area (TPSA) is 133 Å². The predicted molar refractivity (Wildman–Crippen MR) is 113 cm³/mol. The van der Waals surface area contributed by atoms with Crippen molar-refractivity contribution < 1.29 is 34.4 Å². The summed E-state index contributed by atoms with van der Waals surface area (Å²) in [4.78, 5) is 37.0. The number of ether oxygens (including phenoxy) is 1. The first-order chi connectivity index (χ1) is 15.0. The molecule has 8 heteroatoms. The number of hydrogen-bond acceptors (Lipinski definition) is 6. The van der Waals surface area contributed by atoms with Gasteiger partial charge in [-0.2, -0.15) is 0 Å². The zero-order valence-electron chi connectivity index (χ0n) is 18.1. The zero-order chi connectivity index (χ0) is 23.1. The van der Waals surface area contributed by atoms with E-state index >= 15 is 0 Å². The van der Waals surface area contributed by atoms with E-state index in [-0.39, 0.29) is 47.4 Å². The second-order valence-electron chi connectivity index (χ2n) is 10.3. The van der Waals surface area contributed by atoms with Gasteiger partial charge in [0.15, 0.2) is 11.5 Å². The van der Waals surface area contributed by atoms with Gasteiger partial charge < -0.3 is 25.4 Å². The molecule has 2 saturated heterocycles. The Labute approximate surface area is 185 Å². The summed E-state index contributed by atoms with van der Waals surface area (Å²) in [5.41, 5.74) is -1.75. The third kappa shape index (κ3) is 2.75. The third-order valence-electron chi connectivity index (χ3n) is 8.44. The molecule has 0 radical (unpaired) electrons. The molecule has 4 N–H and O–H groups in total. The Morgan fingerprint density at radius 1 is 1.25 bits per heavy atom. The summed E-state index contributed by atoms with van der Waals surface area (Å²) in [6, 6.07) is 2.16. The van der Waals surface area contributed by atoms with Gasteiger partial charge in [-0.15, -0.1) is 0 Å². The van der Waals surface area contributed by atoms with E-state index in [1.165, 1.54) is 0 Å². The fourth-order valence-electron chi connectivity index (χ4n) is 7.09. The molecule has 32 heavy (non-hydrogen) atoms. The summed E-state index contributed by atoms with van der Waals surface area (Å²) in [6.45, 7) is 4.08. The molecule has 6 atom stereocenters. The number of carbonyl (C=O) groups excluding carboxylic acids is 2. The number of anilines is 1. The molecule has 1 aromatic carbocycles. The van der Waals surface area contributed by atoms with Crippen LogP contribution in [0.5, 0.6) is 11.5 Å². The van der Waals surface area contributed by atoms with Crippen LogP contribution in [0, 0.1) is 22.7 Å². The van der Waals surface area contributed by atoms with Crippen LogP contribution >= 0.6 is 0 Å². The second kappa shape index (κ2) is 6.57. The van der Waals surface area contributed by atoms with E-state index in [0.29, 0.717) is 5.92 Å². The maximum atomic E-state index is 13.1. The van der Waals surface area contributed by atoms with E-state index in [1.807, 2.05) is 6.92 Å². The van der Waals surface area contributed by atoms with Crippen molar-refractivity contribution in [3.8, 4) is 11.5 Å². The van der Waals surface area contributed by atoms with Gasteiger partial charge in [-0.25, -0.2) is 4.79 Å². The first-order valence-electron chi connectivity index (χ1n) is 11.0. The summed E-state index contributed by atoms with van der Waals surface area (Å²) in [6.07, 6.45) is 6.86. The number of carboxylic acid groups (broad SMARTS) is 1. The lowest BCUT2D eigenvalue weighted by molar-refractivity contribution is -0.169. The average Bonchev–Trinajstić information content (AvgIpc) is 3.08. The summed E-state index contributed by atoms with van der Waals surface area (Å²) >= 11 is 0. The Morgan fingerprint density at radius 2 is 2.00 bits per heavy atom. The predicted octanol–water partition coefficient (Wildman–Crippen LogP) is 3.23. The Bertz CT molecular complexity index is 1080. The molecular weight excluding hydrogens is 424 g/mol. The molecule has 170 valence electrons. The van der Waals surface area contributed by atoms with Crippen LogP contribution in [0.3, 0.4) is 0 Å². The van der Waals surface area contributed by atoms with Crippen LogP contribution in [-0.4, -0.2) is 44.7 Å². The van der Waals surface area contributed by atoms with Gasteiger partial charge in [0, 0.05) is 17.8 Å². The van der Waals surface area contributed by atoms with Crippen LogP contribution in [0.1, 0.15) is 56.3 Å². The van der Waals surface area contributed by atoms with Gasteiger partial charge in [-0.1, -0.05) is 13.0 Å². The van der Waals surface area contributed by atoms with Gasteiger partial charge in [0.2, 0.25) is 5.91 Å². The lowest BCUT2D eigenvalue weighted by Crippen LogP contribution is -2.56. The maximum Gasteiger partial charge on any atom is 0.339 e. The van der Waals surface area contributed by atoms with Crippen molar-refractivity contribution in [2.45, 2.75) is 57.7 Å². The lowest BCUT2D eigenvalue weighted by Gasteiger charge is -2.55.